The average Bonchev–Trinajstić information content (AvgIpc) is 3.20. The summed E-state index contributed by atoms with van der Waals surface area (Å²) in [7, 11) is 4.61. The van der Waals surface area contributed by atoms with Crippen LogP contribution in [0.3, 0.4) is 0 Å². The number of amides is 2. The lowest BCUT2D eigenvalue weighted by Crippen LogP contribution is -2.19. The molecule has 0 saturated heterocycles. The fourth-order valence-electron chi connectivity index (χ4n) is 3.94. The molecule has 0 aliphatic carbocycles. The van der Waals surface area contributed by atoms with Crippen LogP contribution in [-0.2, 0) is 19.6 Å². The van der Waals surface area contributed by atoms with Gasteiger partial charge in [0.25, 0.3) is 0 Å². The Bertz CT molecular complexity index is 1080. The van der Waals surface area contributed by atoms with Gasteiger partial charge in [-0.15, -0.1) is 0 Å². The van der Waals surface area contributed by atoms with Crippen LogP contribution in [0.25, 0.3) is 0 Å². The number of carbonyl (C=O) groups excluding carboxylic acids is 1. The van der Waals surface area contributed by atoms with Crippen molar-refractivity contribution in [3.05, 3.63) is 77.4 Å². The first-order chi connectivity index (χ1) is 15.6. The number of ether oxygens (including phenoxy) is 3. The standard InChI is InChI=1S/C25H27N3O4/c1-30-22-12-21(13-23(31-2)24(22)32-3)27-25(29)26-20-10-9-18-15-28(16-19(18)11-20)14-17-7-5-4-6-8-17/h4-13H,14-16H2,1-3H3,(H2,26,27,29). The number of benzene rings is 3. The van der Waals surface area contributed by atoms with E-state index in [-0.39, 0.29) is 6.03 Å². The van der Waals surface area contributed by atoms with Crippen molar-refractivity contribution >= 4 is 17.4 Å². The molecule has 4 rings (SSSR count). The van der Waals surface area contributed by atoms with Gasteiger partial charge in [-0.2, -0.15) is 0 Å². The molecule has 0 fully saturated rings. The molecule has 0 aromatic heterocycles. The van der Waals surface area contributed by atoms with Gasteiger partial charge in [0.15, 0.2) is 11.5 Å². The van der Waals surface area contributed by atoms with E-state index in [9.17, 15) is 4.79 Å². The van der Waals surface area contributed by atoms with E-state index in [0.717, 1.165) is 25.3 Å². The molecule has 32 heavy (non-hydrogen) atoms. The molecule has 0 bridgehead atoms. The van der Waals surface area contributed by atoms with Gasteiger partial charge in [-0.3, -0.25) is 4.90 Å². The van der Waals surface area contributed by atoms with Crippen molar-refractivity contribution in [2.24, 2.45) is 0 Å². The second-order valence-electron chi connectivity index (χ2n) is 7.61. The third-order valence-electron chi connectivity index (χ3n) is 5.42. The Hall–Kier alpha value is -3.71. The predicted octanol–water partition coefficient (Wildman–Crippen LogP) is 4.87. The first kappa shape index (κ1) is 21.5. The van der Waals surface area contributed by atoms with Gasteiger partial charge >= 0.3 is 6.03 Å². The Morgan fingerprint density at radius 1 is 0.812 bits per heavy atom. The minimum Gasteiger partial charge on any atom is -0.493 e. The maximum Gasteiger partial charge on any atom is 0.323 e. The Morgan fingerprint density at radius 3 is 2.12 bits per heavy atom. The average molecular weight is 434 g/mol. The van der Waals surface area contributed by atoms with E-state index in [1.807, 2.05) is 18.2 Å². The van der Waals surface area contributed by atoms with E-state index >= 15 is 0 Å². The molecule has 7 heteroatoms. The van der Waals surface area contributed by atoms with Crippen LogP contribution in [0.5, 0.6) is 17.2 Å². The number of methoxy groups -OCH3 is 3. The summed E-state index contributed by atoms with van der Waals surface area (Å²) in [5, 5.41) is 5.73. The number of hydrogen-bond donors (Lipinski definition) is 2. The summed E-state index contributed by atoms with van der Waals surface area (Å²) in [6.07, 6.45) is 0. The predicted molar refractivity (Wildman–Crippen MR) is 125 cm³/mol. The zero-order valence-electron chi connectivity index (χ0n) is 18.5. The molecule has 1 aliphatic heterocycles. The van der Waals surface area contributed by atoms with Gasteiger partial charge in [0.05, 0.1) is 27.0 Å². The Labute approximate surface area is 187 Å². The summed E-state index contributed by atoms with van der Waals surface area (Å²) in [5.41, 5.74) is 5.09. The molecule has 0 radical (unpaired) electrons. The first-order valence-electron chi connectivity index (χ1n) is 10.4. The van der Waals surface area contributed by atoms with Crippen LogP contribution in [0.2, 0.25) is 0 Å². The molecule has 166 valence electrons. The van der Waals surface area contributed by atoms with Crippen LogP contribution < -0.4 is 24.8 Å². The SMILES string of the molecule is COc1cc(NC(=O)Nc2ccc3c(c2)CN(Cc2ccccc2)C3)cc(OC)c1OC. The van der Waals surface area contributed by atoms with E-state index in [0.29, 0.717) is 22.9 Å². The molecule has 1 heterocycles. The van der Waals surface area contributed by atoms with Crippen LogP contribution in [0.15, 0.2) is 60.7 Å². The third kappa shape index (κ3) is 4.78. The maximum atomic E-state index is 12.6. The van der Waals surface area contributed by atoms with E-state index in [1.165, 1.54) is 38.0 Å². The molecular weight excluding hydrogens is 406 g/mol. The summed E-state index contributed by atoms with van der Waals surface area (Å²) in [6, 6.07) is 19.5. The minimum atomic E-state index is -0.349. The van der Waals surface area contributed by atoms with Crippen LogP contribution >= 0.6 is 0 Å². The van der Waals surface area contributed by atoms with Crippen molar-refractivity contribution in [3.8, 4) is 17.2 Å². The minimum absolute atomic E-state index is 0.349. The van der Waals surface area contributed by atoms with Crippen molar-refractivity contribution in [1.82, 2.24) is 4.90 Å². The second-order valence-corrected chi connectivity index (χ2v) is 7.61. The topological polar surface area (TPSA) is 72.1 Å². The lowest BCUT2D eigenvalue weighted by atomic mass is 10.1. The van der Waals surface area contributed by atoms with Gasteiger partial charge in [0.2, 0.25) is 5.75 Å². The zero-order chi connectivity index (χ0) is 22.5. The van der Waals surface area contributed by atoms with E-state index < -0.39 is 0 Å². The largest absolute Gasteiger partial charge is 0.493 e. The molecule has 0 atom stereocenters. The fourth-order valence-corrected chi connectivity index (χ4v) is 3.94. The van der Waals surface area contributed by atoms with Gasteiger partial charge in [-0.25, -0.2) is 4.79 Å². The van der Waals surface area contributed by atoms with E-state index in [2.05, 4.69) is 45.9 Å². The zero-order valence-corrected chi connectivity index (χ0v) is 18.5. The van der Waals surface area contributed by atoms with E-state index in [4.69, 9.17) is 14.2 Å². The van der Waals surface area contributed by atoms with Crippen LogP contribution in [0, 0.1) is 0 Å². The Kier molecular flexibility index (Phi) is 6.47. The number of fused-ring (bicyclic) bond motifs is 1. The van der Waals surface area contributed by atoms with Crippen LogP contribution in [-0.4, -0.2) is 32.3 Å². The van der Waals surface area contributed by atoms with Gasteiger partial charge in [-0.1, -0.05) is 36.4 Å². The van der Waals surface area contributed by atoms with Gasteiger partial charge in [0, 0.05) is 37.5 Å². The molecule has 3 aromatic carbocycles. The van der Waals surface area contributed by atoms with Gasteiger partial charge < -0.3 is 24.8 Å². The molecule has 2 amide bonds. The van der Waals surface area contributed by atoms with Crippen molar-refractivity contribution in [3.63, 3.8) is 0 Å². The third-order valence-corrected chi connectivity index (χ3v) is 5.42. The number of rotatable bonds is 7. The highest BCUT2D eigenvalue weighted by atomic mass is 16.5. The lowest BCUT2D eigenvalue weighted by molar-refractivity contribution is 0.262. The van der Waals surface area contributed by atoms with Crippen molar-refractivity contribution in [1.29, 1.82) is 0 Å². The van der Waals surface area contributed by atoms with Gasteiger partial charge in [0.1, 0.15) is 0 Å². The van der Waals surface area contributed by atoms with Gasteiger partial charge in [-0.05, 0) is 28.8 Å². The molecule has 0 spiro atoms. The molecule has 3 aromatic rings. The monoisotopic (exact) mass is 433 g/mol. The number of nitrogens with zero attached hydrogens (tertiary/aromatic N) is 1. The number of carbonyl (C=O) groups is 1. The van der Waals surface area contributed by atoms with Crippen molar-refractivity contribution in [2.75, 3.05) is 32.0 Å². The highest BCUT2D eigenvalue weighted by Gasteiger charge is 2.20. The van der Waals surface area contributed by atoms with Crippen molar-refractivity contribution < 1.29 is 19.0 Å². The van der Waals surface area contributed by atoms with Crippen molar-refractivity contribution in [2.45, 2.75) is 19.6 Å². The number of hydrogen-bond acceptors (Lipinski definition) is 5. The normalized spacial score (nSPS) is 12.7. The molecular formula is C25H27N3O4. The number of urea groups is 1. The molecule has 0 saturated carbocycles. The quantitative estimate of drug-likeness (QED) is 0.556. The number of anilines is 2. The lowest BCUT2D eigenvalue weighted by Gasteiger charge is -2.15. The summed E-state index contributed by atoms with van der Waals surface area (Å²) < 4.78 is 16.0. The highest BCUT2D eigenvalue weighted by Crippen LogP contribution is 2.40. The van der Waals surface area contributed by atoms with Crippen LogP contribution in [0.4, 0.5) is 16.2 Å². The molecule has 0 unspecified atom stereocenters. The Balaban J connectivity index is 1.41. The summed E-state index contributed by atoms with van der Waals surface area (Å²) in [6.45, 7) is 2.66. The first-order valence-corrected chi connectivity index (χ1v) is 10.4. The highest BCUT2D eigenvalue weighted by molar-refractivity contribution is 6.00. The number of nitrogens with one attached hydrogen (secondary N) is 2. The molecule has 7 nitrogen and oxygen atoms in total. The van der Waals surface area contributed by atoms with E-state index in [1.54, 1.807) is 12.1 Å². The second kappa shape index (κ2) is 9.62. The maximum absolute atomic E-state index is 12.6. The summed E-state index contributed by atoms with van der Waals surface area (Å²) >= 11 is 0. The Morgan fingerprint density at radius 2 is 1.47 bits per heavy atom. The molecule has 1 aliphatic rings. The summed E-state index contributed by atoms with van der Waals surface area (Å²) in [5.74, 6) is 1.41. The smallest absolute Gasteiger partial charge is 0.323 e. The summed E-state index contributed by atoms with van der Waals surface area (Å²) in [4.78, 5) is 15.0. The van der Waals surface area contributed by atoms with Crippen LogP contribution in [0.1, 0.15) is 16.7 Å². The fraction of sp³-hybridized carbons (Fsp3) is 0.240. The molecule has 2 N–H and O–H groups in total.